The molecule has 2 aliphatic rings. The van der Waals surface area contributed by atoms with Crippen LogP contribution in [-0.4, -0.2) is 23.3 Å². The number of rotatable bonds is 5. The van der Waals surface area contributed by atoms with E-state index >= 15 is 0 Å². The van der Waals surface area contributed by atoms with E-state index in [-0.39, 0.29) is 0 Å². The van der Waals surface area contributed by atoms with Crippen LogP contribution in [0.3, 0.4) is 0 Å². The van der Waals surface area contributed by atoms with Crippen molar-refractivity contribution in [2.24, 2.45) is 0 Å². The van der Waals surface area contributed by atoms with E-state index in [2.05, 4.69) is 301 Å². The van der Waals surface area contributed by atoms with Crippen molar-refractivity contribution in [3.05, 3.63) is 305 Å². The minimum Gasteiger partial charge on any atom is -0.306 e. The highest BCUT2D eigenvalue weighted by Crippen LogP contribution is 2.65. The highest BCUT2D eigenvalue weighted by Gasteiger charge is 2.53. The highest BCUT2D eigenvalue weighted by atomic mass is 15.1. The Labute approximate surface area is 513 Å². The van der Waals surface area contributed by atoms with E-state index in [0.717, 1.165) is 143 Å². The number of hydrogen-bond donors (Lipinski definition) is 0. The average molecular weight is 1140 g/mol. The number of benzene rings is 12. The molecule has 416 valence electrons. The molecule has 1 unspecified atom stereocenters. The first-order valence-corrected chi connectivity index (χ1v) is 30.7. The van der Waals surface area contributed by atoms with Crippen molar-refractivity contribution < 1.29 is 0 Å². The fourth-order valence-electron chi connectivity index (χ4n) is 16.5. The zero-order chi connectivity index (χ0) is 59.1. The smallest absolute Gasteiger partial charge is 0.104 e. The van der Waals surface area contributed by atoms with Crippen molar-refractivity contribution in [2.45, 2.75) is 33.1 Å². The van der Waals surface area contributed by atoms with E-state index in [4.69, 9.17) is 4.98 Å². The van der Waals surface area contributed by atoms with Crippen LogP contribution in [-0.2, 0) is 5.41 Å². The van der Waals surface area contributed by atoms with E-state index in [1.54, 1.807) is 0 Å². The molecular formula is C83H54N6. The van der Waals surface area contributed by atoms with E-state index in [1.807, 2.05) is 6.20 Å². The summed E-state index contributed by atoms with van der Waals surface area (Å²) in [5.74, 6) is 0. The molecule has 89 heavy (non-hydrogen) atoms. The van der Waals surface area contributed by atoms with Gasteiger partial charge < -0.3 is 18.3 Å². The van der Waals surface area contributed by atoms with Gasteiger partial charge >= 0.3 is 0 Å². The van der Waals surface area contributed by atoms with E-state index in [1.165, 1.54) is 44.5 Å². The summed E-state index contributed by atoms with van der Waals surface area (Å²) in [6.07, 6.45) is 4.06. The number of nitriles is 1. The van der Waals surface area contributed by atoms with Crippen LogP contribution in [0.25, 0.3) is 143 Å². The molecule has 12 aromatic carbocycles. The van der Waals surface area contributed by atoms with Gasteiger partial charge in [0.2, 0.25) is 0 Å². The molecule has 17 aromatic rings. The van der Waals surface area contributed by atoms with Crippen LogP contribution in [0.2, 0.25) is 0 Å². The maximum Gasteiger partial charge on any atom is 0.104 e. The van der Waals surface area contributed by atoms with Gasteiger partial charge in [0.25, 0.3) is 0 Å². The molecule has 2 aliphatic carbocycles. The molecular weight excluding hydrogens is 1080 g/mol. The topological polar surface area (TPSA) is 56.4 Å². The average Bonchev–Trinajstić information content (AvgIpc) is 1.55. The molecule has 6 nitrogen and oxygen atoms in total. The first kappa shape index (κ1) is 49.7. The molecule has 0 aliphatic heterocycles. The van der Waals surface area contributed by atoms with E-state index in [0.29, 0.717) is 5.56 Å². The van der Waals surface area contributed by atoms with Gasteiger partial charge in [0.15, 0.2) is 0 Å². The summed E-state index contributed by atoms with van der Waals surface area (Å²) in [7, 11) is 0. The quantitative estimate of drug-likeness (QED) is 0.172. The third kappa shape index (κ3) is 6.40. The zero-order valence-corrected chi connectivity index (χ0v) is 49.4. The lowest BCUT2D eigenvalue weighted by atomic mass is 9.71. The molecule has 5 aromatic heterocycles. The minimum atomic E-state index is -0.717. The second kappa shape index (κ2) is 18.0. The molecule has 19 rings (SSSR count). The van der Waals surface area contributed by atoms with Gasteiger partial charge in [-0.1, -0.05) is 186 Å². The molecule has 0 N–H and O–H groups in total. The van der Waals surface area contributed by atoms with Gasteiger partial charge in [-0.25, -0.2) is 0 Å². The number of para-hydroxylation sites is 4. The molecule has 6 heteroatoms. The third-order valence-electron chi connectivity index (χ3n) is 19.9. The maximum absolute atomic E-state index is 13.3. The van der Waals surface area contributed by atoms with Crippen LogP contribution in [0.5, 0.6) is 0 Å². The molecule has 0 bridgehead atoms. The lowest BCUT2D eigenvalue weighted by Gasteiger charge is -2.31. The van der Waals surface area contributed by atoms with Gasteiger partial charge in [0.05, 0.1) is 72.3 Å². The first-order valence-electron chi connectivity index (χ1n) is 30.7. The summed E-state index contributed by atoms with van der Waals surface area (Å²) in [5.41, 5.74) is 27.6. The molecule has 5 heterocycles. The lowest BCUT2D eigenvalue weighted by molar-refractivity contribution is 0.788. The number of hydrogen-bond acceptors (Lipinski definition) is 2. The molecule has 1 atom stereocenters. The van der Waals surface area contributed by atoms with Crippen molar-refractivity contribution in [2.75, 3.05) is 0 Å². The highest BCUT2D eigenvalue weighted by molar-refractivity contribution is 6.18. The van der Waals surface area contributed by atoms with Crippen molar-refractivity contribution in [3.8, 4) is 62.2 Å². The van der Waals surface area contributed by atoms with Crippen molar-refractivity contribution in [3.63, 3.8) is 0 Å². The fraction of sp³-hybridized carbons (Fsp3) is 0.0602. The monoisotopic (exact) mass is 1130 g/mol. The van der Waals surface area contributed by atoms with Gasteiger partial charge in [0.1, 0.15) is 11.6 Å². The SMILES string of the molecule is Cc1ccc2c(c1)c1ccccc1n2-c1c(C#N)c(-n2c3ccccc3c3cc(C)ccc32)c(-n2c3ccccc3c3cc(C)ccc32)c(-c2cccc3c2-c2ccccc2C32c3ccccc3-c3ccncc32)c1-n1c2ccccc2c2cc(C)ccc21. The predicted molar refractivity (Wildman–Crippen MR) is 367 cm³/mol. The molecule has 0 radical (unpaired) electrons. The Morgan fingerprint density at radius 2 is 0.652 bits per heavy atom. The molecule has 0 amide bonds. The minimum absolute atomic E-state index is 0.537. The van der Waals surface area contributed by atoms with Gasteiger partial charge in [-0.15, -0.1) is 0 Å². The van der Waals surface area contributed by atoms with Crippen LogP contribution < -0.4 is 0 Å². The largest absolute Gasteiger partial charge is 0.306 e. The predicted octanol–water partition coefficient (Wildman–Crippen LogP) is 20.6. The van der Waals surface area contributed by atoms with Gasteiger partial charge in [-0.2, -0.15) is 5.26 Å². The fourth-order valence-corrected chi connectivity index (χ4v) is 16.5. The Kier molecular flexibility index (Phi) is 10.1. The van der Waals surface area contributed by atoms with Crippen molar-refractivity contribution in [1.82, 2.24) is 23.3 Å². The second-order valence-electron chi connectivity index (χ2n) is 24.7. The van der Waals surface area contributed by atoms with Crippen LogP contribution >= 0.6 is 0 Å². The van der Waals surface area contributed by atoms with Crippen LogP contribution in [0, 0.1) is 39.0 Å². The zero-order valence-electron chi connectivity index (χ0n) is 49.4. The van der Waals surface area contributed by atoms with Crippen LogP contribution in [0.4, 0.5) is 0 Å². The lowest BCUT2D eigenvalue weighted by Crippen LogP contribution is -2.26. The standard InChI is InChI=1S/C83H54N6/c1-48-32-36-73-60(42-48)54-19-7-13-28-69(54)86(73)79-64(46-84)80(87-70-29-14-8-20-55(70)61-43-49(2)33-37-74(61)87)82(89-72-31-16-10-22-57(72)63-45-51(4)35-39-76(63)89)78(81(79)88-71-30-15-9-21-56(71)62-44-50(3)34-38-75(62)88)59-24-17-27-67-77(59)58-23-6-12-26-66(58)83(67)65-25-11-5-18-52(65)53-40-41-85-47-68(53)83/h5-45,47H,1-4H3. The second-order valence-corrected chi connectivity index (χ2v) is 24.7. The summed E-state index contributed by atoms with van der Waals surface area (Å²) in [6.45, 7) is 8.74. The Morgan fingerprint density at radius 3 is 1.10 bits per heavy atom. The van der Waals surface area contributed by atoms with E-state index < -0.39 is 5.41 Å². The van der Waals surface area contributed by atoms with Gasteiger partial charge in [0, 0.05) is 61.0 Å². The van der Waals surface area contributed by atoms with Crippen molar-refractivity contribution >= 4 is 87.2 Å². The van der Waals surface area contributed by atoms with E-state index in [9.17, 15) is 5.26 Å². The van der Waals surface area contributed by atoms with Crippen LogP contribution in [0.1, 0.15) is 50.1 Å². The van der Waals surface area contributed by atoms with Gasteiger partial charge in [-0.3, -0.25) is 4.98 Å². The number of pyridine rings is 1. The Morgan fingerprint density at radius 1 is 0.303 bits per heavy atom. The normalized spacial score (nSPS) is 14.1. The molecule has 0 saturated carbocycles. The Balaban J connectivity index is 1.16. The molecule has 0 saturated heterocycles. The first-order chi connectivity index (χ1) is 43.8. The number of aryl methyl sites for hydroxylation is 4. The van der Waals surface area contributed by atoms with Crippen molar-refractivity contribution in [1.29, 1.82) is 5.26 Å². The summed E-state index contributed by atoms with van der Waals surface area (Å²) in [4.78, 5) is 4.98. The molecule has 1 spiro atoms. The Hall–Kier alpha value is -11.5. The number of aromatic nitrogens is 5. The summed E-state index contributed by atoms with van der Waals surface area (Å²) in [5, 5.41) is 22.3. The number of fused-ring (bicyclic) bond motifs is 22. The maximum atomic E-state index is 13.3. The van der Waals surface area contributed by atoms with Gasteiger partial charge in [-0.05, 0) is 157 Å². The Bertz CT molecular complexity index is 5760. The third-order valence-corrected chi connectivity index (χ3v) is 19.9. The number of nitrogens with zero attached hydrogens (tertiary/aromatic N) is 6. The van der Waals surface area contributed by atoms with Crippen LogP contribution in [0.15, 0.2) is 255 Å². The molecule has 0 fully saturated rings. The summed E-state index contributed by atoms with van der Waals surface area (Å²) in [6, 6.07) is 93.5. The summed E-state index contributed by atoms with van der Waals surface area (Å²) < 4.78 is 9.96. The summed E-state index contributed by atoms with van der Waals surface area (Å²) >= 11 is 0.